The summed E-state index contributed by atoms with van der Waals surface area (Å²) < 4.78 is 0. The molecule has 0 aromatic heterocycles. The van der Waals surface area contributed by atoms with E-state index in [0.29, 0.717) is 18.1 Å². The van der Waals surface area contributed by atoms with Crippen LogP contribution < -0.4 is 5.32 Å². The van der Waals surface area contributed by atoms with Crippen LogP contribution in [-0.2, 0) is 0 Å². The molecule has 0 aromatic rings. The normalized spacial score (nSPS) is 16.0. The summed E-state index contributed by atoms with van der Waals surface area (Å²) in [5.74, 6) is 0. The maximum atomic E-state index is 3.46. The monoisotopic (exact) mass is 214 g/mol. The third-order valence-electron chi connectivity index (χ3n) is 3.33. The molecule has 0 amide bonds. The van der Waals surface area contributed by atoms with Crippen molar-refractivity contribution < 1.29 is 0 Å². The van der Waals surface area contributed by atoms with Gasteiger partial charge in [-0.15, -0.1) is 0 Å². The molecule has 2 unspecified atom stereocenters. The predicted molar refractivity (Wildman–Crippen MR) is 69.4 cm³/mol. The molecule has 92 valence electrons. The van der Waals surface area contributed by atoms with Crippen molar-refractivity contribution in [1.29, 1.82) is 0 Å². The first-order chi connectivity index (χ1) is 6.99. The van der Waals surface area contributed by atoms with Crippen molar-refractivity contribution in [3.05, 3.63) is 0 Å². The van der Waals surface area contributed by atoms with Gasteiger partial charge in [-0.05, 0) is 46.7 Å². The van der Waals surface area contributed by atoms with Crippen molar-refractivity contribution in [3.63, 3.8) is 0 Å². The lowest BCUT2D eigenvalue weighted by Gasteiger charge is -2.30. The lowest BCUT2D eigenvalue weighted by molar-refractivity contribution is 0.181. The standard InChI is InChI=1S/C13H30N2/c1-7-12(4)15(6)13(5)9-8-10-14-11(2)3/h11-14H,7-10H2,1-6H3. The zero-order valence-corrected chi connectivity index (χ0v) is 11.5. The Morgan fingerprint density at radius 3 is 2.13 bits per heavy atom. The van der Waals surface area contributed by atoms with Gasteiger partial charge in [0.1, 0.15) is 0 Å². The smallest absolute Gasteiger partial charge is 0.00671 e. The molecule has 0 heterocycles. The third kappa shape index (κ3) is 6.91. The molecular formula is C13H30N2. The van der Waals surface area contributed by atoms with Crippen molar-refractivity contribution in [2.75, 3.05) is 13.6 Å². The van der Waals surface area contributed by atoms with Crippen molar-refractivity contribution in [1.82, 2.24) is 10.2 Å². The highest BCUT2D eigenvalue weighted by Crippen LogP contribution is 2.10. The molecule has 0 aliphatic carbocycles. The van der Waals surface area contributed by atoms with Crippen molar-refractivity contribution in [3.8, 4) is 0 Å². The molecule has 2 heteroatoms. The van der Waals surface area contributed by atoms with Gasteiger partial charge in [-0.2, -0.15) is 0 Å². The molecule has 0 bridgehead atoms. The van der Waals surface area contributed by atoms with Crippen LogP contribution in [0.15, 0.2) is 0 Å². The van der Waals surface area contributed by atoms with Crippen LogP contribution in [0.5, 0.6) is 0 Å². The van der Waals surface area contributed by atoms with Crippen LogP contribution in [0, 0.1) is 0 Å². The van der Waals surface area contributed by atoms with Gasteiger partial charge in [0.15, 0.2) is 0 Å². The highest BCUT2D eigenvalue weighted by atomic mass is 15.1. The fourth-order valence-electron chi connectivity index (χ4n) is 1.71. The van der Waals surface area contributed by atoms with E-state index < -0.39 is 0 Å². The molecule has 0 fully saturated rings. The van der Waals surface area contributed by atoms with E-state index in [1.807, 2.05) is 0 Å². The number of nitrogens with one attached hydrogen (secondary N) is 1. The van der Waals surface area contributed by atoms with E-state index in [2.05, 4.69) is 51.9 Å². The maximum Gasteiger partial charge on any atom is 0.00671 e. The van der Waals surface area contributed by atoms with Gasteiger partial charge in [0.25, 0.3) is 0 Å². The van der Waals surface area contributed by atoms with Crippen LogP contribution >= 0.6 is 0 Å². The number of nitrogens with zero attached hydrogens (tertiary/aromatic N) is 1. The van der Waals surface area contributed by atoms with Gasteiger partial charge in [0.2, 0.25) is 0 Å². The second-order valence-electron chi connectivity index (χ2n) is 5.02. The first kappa shape index (κ1) is 14.9. The third-order valence-corrected chi connectivity index (χ3v) is 3.33. The Morgan fingerprint density at radius 2 is 1.67 bits per heavy atom. The van der Waals surface area contributed by atoms with E-state index in [0.717, 1.165) is 6.54 Å². The van der Waals surface area contributed by atoms with Gasteiger partial charge in [-0.1, -0.05) is 20.8 Å². The molecule has 15 heavy (non-hydrogen) atoms. The van der Waals surface area contributed by atoms with Gasteiger partial charge in [-0.3, -0.25) is 0 Å². The molecule has 2 atom stereocenters. The lowest BCUT2D eigenvalue weighted by Crippen LogP contribution is -2.37. The minimum Gasteiger partial charge on any atom is -0.315 e. The molecule has 2 nitrogen and oxygen atoms in total. The van der Waals surface area contributed by atoms with Crippen LogP contribution in [-0.4, -0.2) is 36.6 Å². The van der Waals surface area contributed by atoms with Gasteiger partial charge < -0.3 is 10.2 Å². The molecule has 0 spiro atoms. The molecule has 0 rings (SSSR count). The van der Waals surface area contributed by atoms with Crippen LogP contribution in [0.2, 0.25) is 0 Å². The highest BCUT2D eigenvalue weighted by molar-refractivity contribution is 4.69. The SMILES string of the molecule is CCC(C)N(C)C(C)CCCNC(C)C. The summed E-state index contributed by atoms with van der Waals surface area (Å²) in [6.45, 7) is 12.5. The van der Waals surface area contributed by atoms with Gasteiger partial charge >= 0.3 is 0 Å². The topological polar surface area (TPSA) is 15.3 Å². The van der Waals surface area contributed by atoms with Crippen LogP contribution in [0.1, 0.15) is 53.9 Å². The Labute approximate surface area is 96.4 Å². The first-order valence-corrected chi connectivity index (χ1v) is 6.44. The fraction of sp³-hybridized carbons (Fsp3) is 1.00. The zero-order valence-electron chi connectivity index (χ0n) is 11.5. The number of rotatable bonds is 8. The largest absolute Gasteiger partial charge is 0.315 e. The molecule has 0 aliphatic rings. The van der Waals surface area contributed by atoms with Gasteiger partial charge in [-0.25, -0.2) is 0 Å². The Morgan fingerprint density at radius 1 is 1.07 bits per heavy atom. The van der Waals surface area contributed by atoms with E-state index in [1.54, 1.807) is 0 Å². The van der Waals surface area contributed by atoms with Crippen LogP contribution in [0.4, 0.5) is 0 Å². The average Bonchev–Trinajstić information content (AvgIpc) is 2.21. The maximum absolute atomic E-state index is 3.46. The van der Waals surface area contributed by atoms with Gasteiger partial charge in [0, 0.05) is 18.1 Å². The number of hydrogen-bond acceptors (Lipinski definition) is 2. The Bertz CT molecular complexity index is 145. The van der Waals surface area contributed by atoms with E-state index in [-0.39, 0.29) is 0 Å². The van der Waals surface area contributed by atoms with E-state index in [9.17, 15) is 0 Å². The van der Waals surface area contributed by atoms with E-state index in [4.69, 9.17) is 0 Å². The molecule has 0 aliphatic heterocycles. The van der Waals surface area contributed by atoms with Crippen LogP contribution in [0.3, 0.4) is 0 Å². The quantitative estimate of drug-likeness (QED) is 0.625. The molecule has 0 radical (unpaired) electrons. The average molecular weight is 214 g/mol. The first-order valence-electron chi connectivity index (χ1n) is 6.44. The molecule has 0 saturated carbocycles. The molecule has 0 aromatic carbocycles. The van der Waals surface area contributed by atoms with Crippen molar-refractivity contribution in [2.24, 2.45) is 0 Å². The van der Waals surface area contributed by atoms with Crippen LogP contribution in [0.25, 0.3) is 0 Å². The summed E-state index contributed by atoms with van der Waals surface area (Å²) >= 11 is 0. The Hall–Kier alpha value is -0.0800. The summed E-state index contributed by atoms with van der Waals surface area (Å²) in [4.78, 5) is 2.50. The van der Waals surface area contributed by atoms with Crippen molar-refractivity contribution >= 4 is 0 Å². The van der Waals surface area contributed by atoms with Gasteiger partial charge in [0.05, 0.1) is 0 Å². The summed E-state index contributed by atoms with van der Waals surface area (Å²) in [6, 6.07) is 2.03. The molecule has 0 saturated heterocycles. The second-order valence-corrected chi connectivity index (χ2v) is 5.02. The number of hydrogen-bond donors (Lipinski definition) is 1. The minimum atomic E-state index is 0.618. The summed E-state index contributed by atoms with van der Waals surface area (Å²) in [5, 5.41) is 3.46. The second kappa shape index (κ2) is 8.12. The summed E-state index contributed by atoms with van der Waals surface area (Å²) in [6.07, 6.45) is 3.81. The summed E-state index contributed by atoms with van der Waals surface area (Å²) in [5.41, 5.74) is 0. The van der Waals surface area contributed by atoms with E-state index >= 15 is 0 Å². The lowest BCUT2D eigenvalue weighted by atomic mass is 10.1. The fourth-order valence-corrected chi connectivity index (χ4v) is 1.71. The predicted octanol–water partition coefficient (Wildman–Crippen LogP) is 2.88. The van der Waals surface area contributed by atoms with Crippen molar-refractivity contribution in [2.45, 2.75) is 72.0 Å². The minimum absolute atomic E-state index is 0.618. The molecular weight excluding hydrogens is 184 g/mol. The zero-order chi connectivity index (χ0) is 11.8. The Balaban J connectivity index is 3.59. The summed E-state index contributed by atoms with van der Waals surface area (Å²) in [7, 11) is 2.24. The molecule has 1 N–H and O–H groups in total. The van der Waals surface area contributed by atoms with E-state index in [1.165, 1.54) is 19.3 Å². The Kier molecular flexibility index (Phi) is 8.07. The highest BCUT2D eigenvalue weighted by Gasteiger charge is 2.13.